The first-order valence-electron chi connectivity index (χ1n) is 4.90. The summed E-state index contributed by atoms with van der Waals surface area (Å²) in [4.78, 5) is 0. The summed E-state index contributed by atoms with van der Waals surface area (Å²) in [5.41, 5.74) is 0. The third kappa shape index (κ3) is 10.3. The molecule has 0 unspecified atom stereocenters. The van der Waals surface area contributed by atoms with E-state index in [1.807, 2.05) is 6.92 Å². The highest BCUT2D eigenvalue weighted by Gasteiger charge is 2.20. The van der Waals surface area contributed by atoms with Crippen molar-refractivity contribution < 1.29 is 25.2 Å². The van der Waals surface area contributed by atoms with E-state index in [-0.39, 0.29) is 6.42 Å². The maximum Gasteiger partial charge on any atom is 0.266 e. The van der Waals surface area contributed by atoms with E-state index in [4.69, 9.17) is 0 Å². The summed E-state index contributed by atoms with van der Waals surface area (Å²) in [5, 5.41) is 0. The Morgan fingerprint density at radius 1 is 0.938 bits per heavy atom. The molecule has 0 aliphatic carbocycles. The van der Waals surface area contributed by atoms with E-state index in [0.717, 1.165) is 25.4 Å². The summed E-state index contributed by atoms with van der Waals surface area (Å²) >= 11 is 0. The zero-order chi connectivity index (χ0) is 12.8. The van der Waals surface area contributed by atoms with E-state index in [1.165, 1.54) is 0 Å². The quantitative estimate of drug-likeness (QED) is 0.370. The van der Waals surface area contributed by atoms with Gasteiger partial charge in [0.25, 0.3) is 20.2 Å². The molecule has 0 aliphatic rings. The molecule has 8 heteroatoms. The van der Waals surface area contributed by atoms with Crippen molar-refractivity contribution in [2.75, 3.05) is 12.5 Å². The van der Waals surface area contributed by atoms with Crippen LogP contribution in [0.2, 0.25) is 0 Å². The molecule has 0 saturated heterocycles. The molecule has 0 aromatic carbocycles. The lowest BCUT2D eigenvalue weighted by Crippen LogP contribution is -2.23. The summed E-state index contributed by atoms with van der Waals surface area (Å²) in [6.07, 6.45) is 3.12. The van der Waals surface area contributed by atoms with E-state index in [2.05, 4.69) is 8.37 Å². The smallest absolute Gasteiger partial charge is 0.237 e. The Balaban J connectivity index is 4.40. The molecule has 0 aromatic heterocycles. The normalized spacial score (nSPS) is 13.2. The van der Waals surface area contributed by atoms with Gasteiger partial charge in [-0.2, -0.15) is 16.8 Å². The minimum atomic E-state index is -3.72. The highest BCUT2D eigenvalue weighted by atomic mass is 32.2. The molecule has 0 bridgehead atoms. The van der Waals surface area contributed by atoms with Crippen LogP contribution in [0.4, 0.5) is 0 Å². The van der Waals surface area contributed by atoms with Crippen molar-refractivity contribution in [1.82, 2.24) is 0 Å². The van der Waals surface area contributed by atoms with Crippen LogP contribution < -0.4 is 0 Å². The highest BCUT2D eigenvalue weighted by Crippen LogP contribution is 2.12. The fourth-order valence-corrected chi connectivity index (χ4v) is 2.16. The molecular formula is C8H18O6S2. The van der Waals surface area contributed by atoms with Gasteiger partial charge in [-0.1, -0.05) is 19.8 Å². The topological polar surface area (TPSA) is 86.7 Å². The Bertz CT molecular complexity index is 349. The molecule has 0 aromatic rings. The van der Waals surface area contributed by atoms with E-state index in [1.54, 1.807) is 0 Å². The number of unbranched alkanes of at least 4 members (excludes halogenated alkanes) is 2. The van der Waals surface area contributed by atoms with Crippen molar-refractivity contribution in [3.8, 4) is 0 Å². The molecule has 0 saturated carbocycles. The van der Waals surface area contributed by atoms with Crippen LogP contribution in [0.15, 0.2) is 0 Å². The predicted molar refractivity (Wildman–Crippen MR) is 59.8 cm³/mol. The molecule has 0 atom stereocenters. The largest absolute Gasteiger partial charge is 0.266 e. The van der Waals surface area contributed by atoms with E-state index < -0.39 is 26.5 Å². The third-order valence-corrected chi connectivity index (χ3v) is 2.74. The molecule has 0 N–H and O–H groups in total. The molecular weight excluding hydrogens is 256 g/mol. The van der Waals surface area contributed by atoms with Gasteiger partial charge in [-0.3, -0.25) is 0 Å². The third-order valence-electron chi connectivity index (χ3n) is 1.61. The van der Waals surface area contributed by atoms with Crippen molar-refractivity contribution in [3.63, 3.8) is 0 Å². The summed E-state index contributed by atoms with van der Waals surface area (Å²) < 4.78 is 52.5. The number of hydrogen-bond acceptors (Lipinski definition) is 6. The fraction of sp³-hybridized carbons (Fsp3) is 1.00. The van der Waals surface area contributed by atoms with Crippen LogP contribution in [0.25, 0.3) is 0 Å². The molecule has 0 spiro atoms. The van der Waals surface area contributed by atoms with Crippen LogP contribution in [0, 0.1) is 0 Å². The molecule has 0 amide bonds. The molecule has 98 valence electrons. The van der Waals surface area contributed by atoms with Crippen LogP contribution in [0.3, 0.4) is 0 Å². The SMILES string of the molecule is CCCCCC(OS(C)(=O)=O)OS(C)(=O)=O. The molecule has 0 heterocycles. The van der Waals surface area contributed by atoms with Gasteiger partial charge in [0.1, 0.15) is 0 Å². The van der Waals surface area contributed by atoms with Gasteiger partial charge in [0.05, 0.1) is 12.5 Å². The lowest BCUT2D eigenvalue weighted by molar-refractivity contribution is 0.0105. The van der Waals surface area contributed by atoms with Crippen LogP contribution in [-0.4, -0.2) is 35.6 Å². The average molecular weight is 274 g/mol. The monoisotopic (exact) mass is 274 g/mol. The van der Waals surface area contributed by atoms with Gasteiger partial charge in [0.15, 0.2) is 6.29 Å². The molecule has 0 rings (SSSR count). The van der Waals surface area contributed by atoms with E-state index >= 15 is 0 Å². The minimum Gasteiger partial charge on any atom is -0.237 e. The second-order valence-electron chi connectivity index (χ2n) is 3.53. The van der Waals surface area contributed by atoms with Crippen molar-refractivity contribution in [1.29, 1.82) is 0 Å². The van der Waals surface area contributed by atoms with E-state index in [0.29, 0.717) is 6.42 Å². The predicted octanol–water partition coefficient (Wildman–Crippen LogP) is 0.845. The fourth-order valence-electron chi connectivity index (χ4n) is 1.06. The Morgan fingerprint density at radius 3 is 1.69 bits per heavy atom. The highest BCUT2D eigenvalue weighted by molar-refractivity contribution is 7.86. The van der Waals surface area contributed by atoms with E-state index in [9.17, 15) is 16.8 Å². The Morgan fingerprint density at radius 2 is 1.38 bits per heavy atom. The Kier molecular flexibility index (Phi) is 6.46. The molecule has 0 radical (unpaired) electrons. The van der Waals surface area contributed by atoms with Crippen molar-refractivity contribution >= 4 is 20.2 Å². The van der Waals surface area contributed by atoms with Crippen molar-refractivity contribution in [2.45, 2.75) is 38.9 Å². The first-order valence-corrected chi connectivity index (χ1v) is 8.54. The number of hydrogen-bond donors (Lipinski definition) is 0. The summed E-state index contributed by atoms with van der Waals surface area (Å²) in [6, 6.07) is 0. The van der Waals surface area contributed by atoms with Gasteiger partial charge in [-0.05, 0) is 6.42 Å². The van der Waals surface area contributed by atoms with Crippen LogP contribution in [0.5, 0.6) is 0 Å². The van der Waals surface area contributed by atoms with Crippen LogP contribution in [-0.2, 0) is 28.6 Å². The van der Waals surface area contributed by atoms with Gasteiger partial charge >= 0.3 is 0 Å². The van der Waals surface area contributed by atoms with Gasteiger partial charge in [-0.15, -0.1) is 0 Å². The van der Waals surface area contributed by atoms with Gasteiger partial charge < -0.3 is 0 Å². The second-order valence-corrected chi connectivity index (χ2v) is 6.73. The maximum atomic E-state index is 10.9. The van der Waals surface area contributed by atoms with Gasteiger partial charge in [-0.25, -0.2) is 8.37 Å². The van der Waals surface area contributed by atoms with Crippen LogP contribution >= 0.6 is 0 Å². The summed E-state index contributed by atoms with van der Waals surface area (Å²) in [5.74, 6) is 0. The molecule has 0 fully saturated rings. The first kappa shape index (κ1) is 15.8. The zero-order valence-electron chi connectivity index (χ0n) is 9.67. The summed E-state index contributed by atoms with van der Waals surface area (Å²) in [7, 11) is -7.44. The van der Waals surface area contributed by atoms with Crippen molar-refractivity contribution in [2.24, 2.45) is 0 Å². The minimum absolute atomic E-state index is 0.230. The molecule has 6 nitrogen and oxygen atoms in total. The molecule has 16 heavy (non-hydrogen) atoms. The Hall–Kier alpha value is -0.180. The van der Waals surface area contributed by atoms with Gasteiger partial charge in [0, 0.05) is 6.42 Å². The lowest BCUT2D eigenvalue weighted by Gasteiger charge is -2.14. The first-order chi connectivity index (χ1) is 7.14. The molecule has 0 aliphatic heterocycles. The zero-order valence-corrected chi connectivity index (χ0v) is 11.3. The maximum absolute atomic E-state index is 10.9. The second kappa shape index (κ2) is 6.53. The summed E-state index contributed by atoms with van der Waals surface area (Å²) in [6.45, 7) is 1.98. The standard InChI is InChI=1S/C8H18O6S2/c1-4-5-6-7-8(13-15(2,9)10)14-16(3,11)12/h8H,4-7H2,1-3H3. The van der Waals surface area contributed by atoms with Gasteiger partial charge in [0.2, 0.25) is 0 Å². The average Bonchev–Trinajstić information content (AvgIpc) is 1.97. The van der Waals surface area contributed by atoms with Crippen LogP contribution in [0.1, 0.15) is 32.6 Å². The van der Waals surface area contributed by atoms with Crippen molar-refractivity contribution in [3.05, 3.63) is 0 Å². The Labute approximate surface area is 97.2 Å². The lowest BCUT2D eigenvalue weighted by atomic mass is 10.2. The number of rotatable bonds is 8.